The van der Waals surface area contributed by atoms with Crippen LogP contribution in [0.25, 0.3) is 0 Å². The van der Waals surface area contributed by atoms with E-state index >= 15 is 0 Å². The first-order valence-corrected chi connectivity index (χ1v) is 7.73. The zero-order valence-electron chi connectivity index (χ0n) is 14.0. The number of nitrogens with two attached hydrogens (primary N) is 1. The van der Waals surface area contributed by atoms with Crippen LogP contribution in [-0.4, -0.2) is 42.7 Å². The number of amides is 2. The van der Waals surface area contributed by atoms with Crippen LogP contribution in [0.3, 0.4) is 0 Å². The maximum Gasteiger partial charge on any atom is 0.222 e. The molecule has 2 amide bonds. The van der Waals surface area contributed by atoms with Crippen LogP contribution in [0.5, 0.6) is 5.75 Å². The van der Waals surface area contributed by atoms with Gasteiger partial charge in [-0.25, -0.2) is 4.39 Å². The molecule has 0 aliphatic heterocycles. The molecule has 0 bridgehead atoms. The van der Waals surface area contributed by atoms with E-state index in [1.165, 1.54) is 18.0 Å². The summed E-state index contributed by atoms with van der Waals surface area (Å²) < 4.78 is 18.9. The fourth-order valence-electron chi connectivity index (χ4n) is 2.13. The van der Waals surface area contributed by atoms with Gasteiger partial charge in [0, 0.05) is 13.5 Å². The molecule has 0 saturated carbocycles. The Bertz CT molecular complexity index is 592. The van der Waals surface area contributed by atoms with Crippen molar-refractivity contribution in [3.05, 3.63) is 29.6 Å². The van der Waals surface area contributed by atoms with Crippen molar-refractivity contribution in [2.24, 2.45) is 5.73 Å². The van der Waals surface area contributed by atoms with Crippen LogP contribution >= 0.6 is 0 Å². The Morgan fingerprint density at radius 3 is 2.67 bits per heavy atom. The molecule has 1 unspecified atom stereocenters. The summed E-state index contributed by atoms with van der Waals surface area (Å²) in [5.74, 6) is -1.12. The van der Waals surface area contributed by atoms with Gasteiger partial charge in [0.2, 0.25) is 11.8 Å². The smallest absolute Gasteiger partial charge is 0.222 e. The molecule has 1 aromatic carbocycles. The predicted octanol–water partition coefficient (Wildman–Crippen LogP) is 1.58. The highest BCUT2D eigenvalue weighted by molar-refractivity contribution is 5.83. The Kier molecular flexibility index (Phi) is 7.88. The van der Waals surface area contributed by atoms with Crippen molar-refractivity contribution < 1.29 is 23.5 Å². The molecular formula is C17H23FN2O4. The monoisotopic (exact) mass is 338 g/mol. The summed E-state index contributed by atoms with van der Waals surface area (Å²) in [6, 6.07) is 3.89. The lowest BCUT2D eigenvalue weighted by atomic mass is 10.1. The van der Waals surface area contributed by atoms with E-state index in [1.807, 2.05) is 0 Å². The van der Waals surface area contributed by atoms with Gasteiger partial charge in [0.15, 0.2) is 11.6 Å². The number of primary amides is 1. The summed E-state index contributed by atoms with van der Waals surface area (Å²) in [4.78, 5) is 35.0. The van der Waals surface area contributed by atoms with Gasteiger partial charge < -0.3 is 20.2 Å². The van der Waals surface area contributed by atoms with E-state index in [1.54, 1.807) is 19.1 Å². The molecule has 0 aliphatic rings. The topological polar surface area (TPSA) is 89.7 Å². The van der Waals surface area contributed by atoms with Crippen LogP contribution in [0.2, 0.25) is 0 Å². The average Bonchev–Trinajstić information content (AvgIpc) is 2.53. The predicted molar refractivity (Wildman–Crippen MR) is 86.9 cm³/mol. The number of benzene rings is 1. The molecule has 1 atom stereocenters. The number of hydrogen-bond acceptors (Lipinski definition) is 4. The Morgan fingerprint density at radius 1 is 1.38 bits per heavy atom. The molecular weight excluding hydrogens is 315 g/mol. The minimum absolute atomic E-state index is 0.187. The van der Waals surface area contributed by atoms with Crippen LogP contribution in [-0.2, 0) is 14.4 Å². The van der Waals surface area contributed by atoms with E-state index in [-0.39, 0.29) is 31.1 Å². The maximum atomic E-state index is 13.6. The minimum Gasteiger partial charge on any atom is -0.491 e. The first kappa shape index (κ1) is 19.6. The summed E-state index contributed by atoms with van der Waals surface area (Å²) in [5, 5.41) is 0. The number of aryl methyl sites for hydroxylation is 1. The summed E-state index contributed by atoms with van der Waals surface area (Å²) in [6.07, 6.45) is 1.64. The van der Waals surface area contributed by atoms with E-state index in [0.717, 1.165) is 5.56 Å². The molecule has 0 saturated heterocycles. The van der Waals surface area contributed by atoms with Gasteiger partial charge in [-0.2, -0.15) is 0 Å². The highest BCUT2D eigenvalue weighted by Gasteiger charge is 2.20. The molecule has 0 aromatic heterocycles. The number of aldehydes is 1. The SMILES string of the molecule is Cc1ccc(OCCCCC(=O)N(C)C(C=O)CC(N)=O)c(F)c1. The minimum atomic E-state index is -0.840. The summed E-state index contributed by atoms with van der Waals surface area (Å²) in [5.41, 5.74) is 5.85. The average molecular weight is 338 g/mol. The molecule has 1 rings (SSSR count). The molecule has 2 N–H and O–H groups in total. The third kappa shape index (κ3) is 6.36. The number of ether oxygens (including phenoxy) is 1. The van der Waals surface area contributed by atoms with Gasteiger partial charge in [0.05, 0.1) is 19.1 Å². The van der Waals surface area contributed by atoms with Crippen molar-refractivity contribution in [1.82, 2.24) is 4.90 Å². The highest BCUT2D eigenvalue weighted by Crippen LogP contribution is 2.18. The van der Waals surface area contributed by atoms with Crippen LogP contribution in [0.4, 0.5) is 4.39 Å². The third-order valence-electron chi connectivity index (χ3n) is 3.59. The molecule has 0 aliphatic carbocycles. The molecule has 132 valence electrons. The number of hydrogen-bond donors (Lipinski definition) is 1. The van der Waals surface area contributed by atoms with E-state index in [9.17, 15) is 18.8 Å². The van der Waals surface area contributed by atoms with Gasteiger partial charge in [0.1, 0.15) is 6.29 Å². The van der Waals surface area contributed by atoms with Gasteiger partial charge in [-0.3, -0.25) is 9.59 Å². The van der Waals surface area contributed by atoms with Crippen LogP contribution in [0, 0.1) is 12.7 Å². The fraction of sp³-hybridized carbons (Fsp3) is 0.471. The molecule has 0 radical (unpaired) electrons. The summed E-state index contributed by atoms with van der Waals surface area (Å²) >= 11 is 0. The molecule has 24 heavy (non-hydrogen) atoms. The van der Waals surface area contributed by atoms with E-state index in [0.29, 0.717) is 19.1 Å². The lowest BCUT2D eigenvalue weighted by Crippen LogP contribution is -2.40. The Labute approximate surface area is 140 Å². The Morgan fingerprint density at radius 2 is 2.08 bits per heavy atom. The number of halogens is 1. The first-order valence-electron chi connectivity index (χ1n) is 7.73. The van der Waals surface area contributed by atoms with E-state index < -0.39 is 17.8 Å². The molecule has 0 spiro atoms. The largest absolute Gasteiger partial charge is 0.491 e. The molecule has 6 nitrogen and oxygen atoms in total. The van der Waals surface area contributed by atoms with Crippen molar-refractivity contribution in [2.75, 3.05) is 13.7 Å². The molecule has 0 heterocycles. The van der Waals surface area contributed by atoms with Crippen molar-refractivity contribution in [3.63, 3.8) is 0 Å². The highest BCUT2D eigenvalue weighted by atomic mass is 19.1. The van der Waals surface area contributed by atoms with Gasteiger partial charge in [-0.15, -0.1) is 0 Å². The Balaban J connectivity index is 2.32. The van der Waals surface area contributed by atoms with Gasteiger partial charge >= 0.3 is 0 Å². The number of unbranched alkanes of at least 4 members (excludes halogenated alkanes) is 1. The second-order valence-corrected chi connectivity index (χ2v) is 5.62. The van der Waals surface area contributed by atoms with E-state index in [4.69, 9.17) is 10.5 Å². The van der Waals surface area contributed by atoms with Crippen molar-refractivity contribution in [1.29, 1.82) is 0 Å². The van der Waals surface area contributed by atoms with Crippen LogP contribution in [0.15, 0.2) is 18.2 Å². The maximum absolute atomic E-state index is 13.6. The second-order valence-electron chi connectivity index (χ2n) is 5.62. The first-order chi connectivity index (χ1) is 11.3. The number of carbonyl (C=O) groups is 3. The normalized spacial score (nSPS) is 11.6. The zero-order valence-corrected chi connectivity index (χ0v) is 14.0. The van der Waals surface area contributed by atoms with Gasteiger partial charge in [0.25, 0.3) is 0 Å². The number of carbonyl (C=O) groups excluding carboxylic acids is 3. The van der Waals surface area contributed by atoms with Crippen molar-refractivity contribution in [2.45, 2.75) is 38.6 Å². The summed E-state index contributed by atoms with van der Waals surface area (Å²) in [6.45, 7) is 2.08. The lowest BCUT2D eigenvalue weighted by Gasteiger charge is -2.22. The van der Waals surface area contributed by atoms with Gasteiger partial charge in [-0.1, -0.05) is 6.07 Å². The van der Waals surface area contributed by atoms with Crippen molar-refractivity contribution >= 4 is 18.1 Å². The standard InChI is InChI=1S/C17H23FN2O4/c1-12-6-7-15(14(18)9-12)24-8-4-3-5-17(23)20(2)13(11-21)10-16(19)22/h6-7,9,11,13H,3-5,8,10H2,1-2H3,(H2,19,22). The number of nitrogens with zero attached hydrogens (tertiary/aromatic N) is 1. The van der Waals surface area contributed by atoms with Gasteiger partial charge in [-0.05, 0) is 37.5 Å². The molecule has 7 heteroatoms. The number of likely N-dealkylation sites (N-methyl/N-ethyl adjacent to an activating group) is 1. The lowest BCUT2D eigenvalue weighted by molar-refractivity contribution is -0.136. The second kappa shape index (κ2) is 9.64. The quantitative estimate of drug-likeness (QED) is 0.518. The third-order valence-corrected chi connectivity index (χ3v) is 3.59. The Hall–Kier alpha value is -2.44. The van der Waals surface area contributed by atoms with Crippen molar-refractivity contribution in [3.8, 4) is 5.75 Å². The summed E-state index contributed by atoms with van der Waals surface area (Å²) in [7, 11) is 1.46. The number of rotatable bonds is 10. The zero-order chi connectivity index (χ0) is 18.1. The fourth-order valence-corrected chi connectivity index (χ4v) is 2.13. The molecule has 0 fully saturated rings. The van der Waals surface area contributed by atoms with E-state index in [2.05, 4.69) is 0 Å². The van der Waals surface area contributed by atoms with Crippen LogP contribution < -0.4 is 10.5 Å². The molecule has 1 aromatic rings. The van der Waals surface area contributed by atoms with Crippen LogP contribution in [0.1, 0.15) is 31.2 Å².